The average Bonchev–Trinajstić information content (AvgIpc) is 2.97. The number of unbranched alkanes of at least 4 members (excludes halogenated alkanes) is 2. The Morgan fingerprint density at radius 2 is 1.52 bits per heavy atom. The molecule has 0 bridgehead atoms. The molecule has 0 aliphatic rings. The quantitative estimate of drug-likeness (QED) is 0.123. The van der Waals surface area contributed by atoms with Gasteiger partial charge in [0.25, 0.3) is 0 Å². The third-order valence-electron chi connectivity index (χ3n) is 6.39. The van der Waals surface area contributed by atoms with Crippen LogP contribution in [0, 0.1) is 26.2 Å². The number of rotatable bonds is 12. The van der Waals surface area contributed by atoms with E-state index in [9.17, 15) is 4.79 Å². The molecule has 0 saturated carbocycles. The first-order valence-corrected chi connectivity index (χ1v) is 15.3. The van der Waals surface area contributed by atoms with Crippen LogP contribution in [0.15, 0.2) is 66.7 Å². The average molecular weight is 573 g/mol. The Morgan fingerprint density at radius 1 is 0.905 bits per heavy atom. The summed E-state index contributed by atoms with van der Waals surface area (Å²) in [6.45, 7) is 17.2. The SMILES string of the molecule is C#Cc1ccc(C(CCCC)Oc2ccc(C)c(OC(C)(C)OC(C)=O)c2)cc1.CC.CCCCc1ccc(C)cc1. The fraction of sp³-hybridized carbons (Fsp3) is 0.447. The summed E-state index contributed by atoms with van der Waals surface area (Å²) in [5.41, 5.74) is 5.69. The van der Waals surface area contributed by atoms with Crippen molar-refractivity contribution in [2.75, 3.05) is 0 Å². The predicted octanol–water partition coefficient (Wildman–Crippen LogP) is 10.3. The summed E-state index contributed by atoms with van der Waals surface area (Å²) in [5.74, 6) is 2.50. The highest BCUT2D eigenvalue weighted by Crippen LogP contribution is 2.32. The molecule has 0 aliphatic heterocycles. The van der Waals surface area contributed by atoms with Crippen LogP contribution in [0.4, 0.5) is 0 Å². The maximum atomic E-state index is 11.3. The van der Waals surface area contributed by atoms with Crippen molar-refractivity contribution < 1.29 is 19.0 Å². The molecular formula is C38H52O4. The maximum Gasteiger partial charge on any atom is 0.305 e. The lowest BCUT2D eigenvalue weighted by atomic mass is 10.0. The van der Waals surface area contributed by atoms with Crippen LogP contribution in [0.2, 0.25) is 0 Å². The Bertz CT molecular complexity index is 1220. The zero-order valence-electron chi connectivity index (χ0n) is 27.4. The topological polar surface area (TPSA) is 44.8 Å². The van der Waals surface area contributed by atoms with E-state index < -0.39 is 11.8 Å². The molecule has 0 N–H and O–H groups in total. The molecule has 0 aromatic heterocycles. The Hall–Kier alpha value is -3.71. The van der Waals surface area contributed by atoms with Crippen LogP contribution in [0.25, 0.3) is 0 Å². The number of terminal acetylenes is 1. The van der Waals surface area contributed by atoms with Gasteiger partial charge in [0.05, 0.1) is 0 Å². The molecule has 0 saturated heterocycles. The highest BCUT2D eigenvalue weighted by Gasteiger charge is 2.24. The number of ether oxygens (including phenoxy) is 3. The number of benzene rings is 3. The van der Waals surface area contributed by atoms with E-state index in [0.717, 1.165) is 36.0 Å². The van der Waals surface area contributed by atoms with Crippen LogP contribution >= 0.6 is 0 Å². The van der Waals surface area contributed by atoms with Crippen molar-refractivity contribution in [3.63, 3.8) is 0 Å². The Morgan fingerprint density at radius 3 is 2.07 bits per heavy atom. The second kappa shape index (κ2) is 19.4. The molecule has 3 aromatic carbocycles. The van der Waals surface area contributed by atoms with E-state index in [1.54, 1.807) is 13.8 Å². The van der Waals surface area contributed by atoms with E-state index in [1.807, 2.05) is 63.2 Å². The smallest absolute Gasteiger partial charge is 0.305 e. The van der Waals surface area contributed by atoms with Crippen LogP contribution in [0.1, 0.15) is 114 Å². The molecule has 1 unspecified atom stereocenters. The van der Waals surface area contributed by atoms with E-state index in [4.69, 9.17) is 20.6 Å². The fourth-order valence-corrected chi connectivity index (χ4v) is 4.17. The third kappa shape index (κ3) is 13.8. The molecular weight excluding hydrogens is 520 g/mol. The lowest BCUT2D eigenvalue weighted by molar-refractivity contribution is -0.183. The minimum Gasteiger partial charge on any atom is -0.486 e. The third-order valence-corrected chi connectivity index (χ3v) is 6.39. The van der Waals surface area contributed by atoms with Crippen molar-refractivity contribution in [3.8, 4) is 23.8 Å². The summed E-state index contributed by atoms with van der Waals surface area (Å²) in [6.07, 6.45) is 12.2. The Balaban J connectivity index is 0.000000564. The van der Waals surface area contributed by atoms with Gasteiger partial charge in [0, 0.05) is 32.4 Å². The van der Waals surface area contributed by atoms with Gasteiger partial charge in [-0.2, -0.15) is 0 Å². The summed E-state index contributed by atoms with van der Waals surface area (Å²) in [6, 6.07) is 22.4. The van der Waals surface area contributed by atoms with Crippen molar-refractivity contribution in [3.05, 3.63) is 94.5 Å². The normalized spacial score (nSPS) is 11.0. The zero-order valence-corrected chi connectivity index (χ0v) is 27.4. The van der Waals surface area contributed by atoms with Gasteiger partial charge in [-0.05, 0) is 74.4 Å². The van der Waals surface area contributed by atoms with Gasteiger partial charge in [0.2, 0.25) is 5.79 Å². The molecule has 4 nitrogen and oxygen atoms in total. The van der Waals surface area contributed by atoms with Gasteiger partial charge in [-0.1, -0.05) is 94.5 Å². The first-order chi connectivity index (χ1) is 20.1. The van der Waals surface area contributed by atoms with Gasteiger partial charge in [-0.3, -0.25) is 4.79 Å². The number of carbonyl (C=O) groups is 1. The maximum absolute atomic E-state index is 11.3. The largest absolute Gasteiger partial charge is 0.486 e. The fourth-order valence-electron chi connectivity index (χ4n) is 4.17. The van der Waals surface area contributed by atoms with Crippen molar-refractivity contribution in [1.82, 2.24) is 0 Å². The second-order valence-corrected chi connectivity index (χ2v) is 10.6. The highest BCUT2D eigenvalue weighted by atomic mass is 16.7. The van der Waals surface area contributed by atoms with E-state index in [-0.39, 0.29) is 6.10 Å². The molecule has 3 aromatic rings. The van der Waals surface area contributed by atoms with Gasteiger partial charge >= 0.3 is 5.97 Å². The molecule has 3 rings (SSSR count). The molecule has 0 spiro atoms. The number of hydrogen-bond donors (Lipinski definition) is 0. The van der Waals surface area contributed by atoms with Crippen molar-refractivity contribution in [1.29, 1.82) is 0 Å². The Kier molecular flexibility index (Phi) is 16.8. The molecule has 0 radical (unpaired) electrons. The van der Waals surface area contributed by atoms with Crippen molar-refractivity contribution in [2.45, 2.75) is 113 Å². The van der Waals surface area contributed by atoms with Crippen molar-refractivity contribution in [2.24, 2.45) is 0 Å². The van der Waals surface area contributed by atoms with Gasteiger partial charge in [0.15, 0.2) is 0 Å². The van der Waals surface area contributed by atoms with Crippen LogP contribution in [-0.4, -0.2) is 11.8 Å². The Labute approximate surface area is 255 Å². The molecule has 0 amide bonds. The molecule has 42 heavy (non-hydrogen) atoms. The monoisotopic (exact) mass is 572 g/mol. The van der Waals surface area contributed by atoms with Gasteiger partial charge in [-0.15, -0.1) is 6.42 Å². The number of carbonyl (C=O) groups excluding carboxylic acids is 1. The summed E-state index contributed by atoms with van der Waals surface area (Å²) >= 11 is 0. The lowest BCUT2D eigenvalue weighted by Gasteiger charge is -2.27. The summed E-state index contributed by atoms with van der Waals surface area (Å²) in [7, 11) is 0. The molecule has 0 fully saturated rings. The molecule has 228 valence electrons. The number of aryl methyl sites for hydroxylation is 3. The van der Waals surface area contributed by atoms with Crippen LogP contribution in [-0.2, 0) is 16.0 Å². The van der Waals surface area contributed by atoms with Crippen LogP contribution < -0.4 is 9.47 Å². The second-order valence-electron chi connectivity index (χ2n) is 10.6. The first-order valence-electron chi connectivity index (χ1n) is 15.3. The predicted molar refractivity (Wildman–Crippen MR) is 176 cm³/mol. The summed E-state index contributed by atoms with van der Waals surface area (Å²) < 4.78 is 17.5. The summed E-state index contributed by atoms with van der Waals surface area (Å²) in [5, 5.41) is 0. The van der Waals surface area contributed by atoms with Gasteiger partial charge in [-0.25, -0.2) is 0 Å². The van der Waals surface area contributed by atoms with E-state index in [1.165, 1.54) is 37.3 Å². The molecule has 1 atom stereocenters. The van der Waals surface area contributed by atoms with Crippen LogP contribution in [0.5, 0.6) is 11.5 Å². The van der Waals surface area contributed by atoms with Gasteiger partial charge in [0.1, 0.15) is 17.6 Å². The van der Waals surface area contributed by atoms with E-state index in [0.29, 0.717) is 11.5 Å². The van der Waals surface area contributed by atoms with Crippen LogP contribution in [0.3, 0.4) is 0 Å². The first kappa shape index (κ1) is 36.3. The zero-order chi connectivity index (χ0) is 31.5. The lowest BCUT2D eigenvalue weighted by Crippen LogP contribution is -2.33. The molecule has 4 heteroatoms. The number of esters is 1. The van der Waals surface area contributed by atoms with Crippen molar-refractivity contribution >= 4 is 5.97 Å². The summed E-state index contributed by atoms with van der Waals surface area (Å²) in [4.78, 5) is 11.3. The molecule has 0 heterocycles. The molecule has 0 aliphatic carbocycles. The minimum absolute atomic E-state index is 0.0844. The number of hydrogen-bond acceptors (Lipinski definition) is 4. The minimum atomic E-state index is -1.07. The van der Waals surface area contributed by atoms with E-state index in [2.05, 4.69) is 51.0 Å². The highest BCUT2D eigenvalue weighted by molar-refractivity contribution is 5.66. The standard InChI is InChI=1S/C25H30O4.C11H16.C2H6/c1-7-9-10-23(21-14-12-20(8-2)13-15-21)27-22-16-11-18(3)24(17-22)29-25(5,6)28-19(4)26;1-3-4-5-11-8-6-10(2)7-9-11;1-2/h2,11-17,23H,7,9-10H2,1,3-6H3;6-9H,3-5H2,1-2H3;1-2H3. The van der Waals surface area contributed by atoms with Gasteiger partial charge < -0.3 is 14.2 Å². The van der Waals surface area contributed by atoms with E-state index >= 15 is 0 Å².